The molecule has 0 bridgehead atoms. The van der Waals surface area contributed by atoms with Gasteiger partial charge >= 0.3 is 24.4 Å². The van der Waals surface area contributed by atoms with E-state index >= 15 is 0 Å². The highest BCUT2D eigenvalue weighted by atomic mass is 32.2. The number of rotatable bonds is 44. The lowest BCUT2D eigenvalue weighted by Crippen LogP contribution is -2.51. The van der Waals surface area contributed by atoms with E-state index in [4.69, 9.17) is 76.3 Å². The number of fused-ring (bicyclic) bond motifs is 5. The van der Waals surface area contributed by atoms with Crippen molar-refractivity contribution in [3.05, 3.63) is 131 Å². The number of carbonyl (C=O) groups excluding carboxylic acids is 10. The number of allylic oxidation sites excluding steroid dienone is 2. The molecule has 2 aliphatic carbocycles. The van der Waals surface area contributed by atoms with Gasteiger partial charge in [-0.2, -0.15) is 0 Å². The summed E-state index contributed by atoms with van der Waals surface area (Å²) >= 11 is -1.45. The summed E-state index contributed by atoms with van der Waals surface area (Å²) in [6.45, 7) is 13.8. The number of hydrazine groups is 1. The second-order valence-corrected chi connectivity index (χ2v) is 31.8. The highest BCUT2D eigenvalue weighted by Crippen LogP contribution is 2.54. The second-order valence-electron chi connectivity index (χ2n) is 30.6. The molecule has 0 spiro atoms. The number of aliphatic hydroxyl groups is 2. The van der Waals surface area contributed by atoms with Gasteiger partial charge in [-0.1, -0.05) is 62.4 Å². The molecule has 42 heteroatoms. The molecular weight excluding hydrogens is 1650 g/mol. The van der Waals surface area contributed by atoms with Crippen LogP contribution in [0.15, 0.2) is 108 Å². The summed E-state index contributed by atoms with van der Waals surface area (Å²) in [5, 5.41) is 40.9. The Morgan fingerprint density at radius 1 is 0.600 bits per heavy atom. The van der Waals surface area contributed by atoms with Gasteiger partial charge in [0.25, 0.3) is 11.8 Å². The summed E-state index contributed by atoms with van der Waals surface area (Å²) < 4.78 is 85.5. The van der Waals surface area contributed by atoms with Crippen molar-refractivity contribution in [2.75, 3.05) is 160 Å². The lowest BCUT2D eigenvalue weighted by molar-refractivity contribution is -0.126. The van der Waals surface area contributed by atoms with E-state index in [0.29, 0.717) is 77.7 Å². The quantitative estimate of drug-likeness (QED) is 0.00574. The van der Waals surface area contributed by atoms with Gasteiger partial charge in [-0.05, 0) is 123 Å². The van der Waals surface area contributed by atoms with Crippen LogP contribution in [0, 0.1) is 23.7 Å². The molecule has 10 atom stereocenters. The summed E-state index contributed by atoms with van der Waals surface area (Å²) in [7, 11) is 9.97. The molecule has 9 unspecified atom stereocenters. The van der Waals surface area contributed by atoms with E-state index in [0.717, 1.165) is 46.9 Å². The number of amides is 10. The Labute approximate surface area is 728 Å². The van der Waals surface area contributed by atoms with Crippen molar-refractivity contribution in [1.29, 1.82) is 0 Å². The summed E-state index contributed by atoms with van der Waals surface area (Å²) in [4.78, 5) is 139. The van der Waals surface area contributed by atoms with Gasteiger partial charge in [-0.3, -0.25) is 28.8 Å². The van der Waals surface area contributed by atoms with Gasteiger partial charge in [0.1, 0.15) is 56.6 Å². The van der Waals surface area contributed by atoms with Gasteiger partial charge in [0.15, 0.2) is 35.5 Å². The maximum atomic E-state index is 14.5. The van der Waals surface area contributed by atoms with E-state index in [-0.39, 0.29) is 157 Å². The number of nitrogens with zero attached hydrogens (tertiary/aromatic N) is 5. The largest absolute Gasteiger partial charge is 0.579 e. The van der Waals surface area contributed by atoms with Crippen LogP contribution in [0.5, 0.6) is 23.0 Å². The fourth-order valence-electron chi connectivity index (χ4n) is 15.0. The highest BCUT2D eigenvalue weighted by Gasteiger charge is 2.51. The average molecular weight is 1760 g/mol. The Balaban J connectivity index is 0.664. The van der Waals surface area contributed by atoms with Crippen LogP contribution < -0.4 is 81.7 Å². The zero-order chi connectivity index (χ0) is 90.0. The Morgan fingerprint density at radius 3 is 1.62 bits per heavy atom. The summed E-state index contributed by atoms with van der Waals surface area (Å²) in [6.07, 6.45) is -2.99. The highest BCUT2D eigenvalue weighted by molar-refractivity contribution is 7.87. The first-order valence-corrected chi connectivity index (χ1v) is 42.2. The molecule has 10 amide bonds. The zero-order valence-electron chi connectivity index (χ0n) is 70.9. The number of methoxy groups -OCH3 is 3. The molecule has 40 nitrogen and oxygen atoms in total. The molecule has 2 radical (unpaired) electrons. The lowest BCUT2D eigenvalue weighted by Gasteiger charge is -2.31. The van der Waals surface area contributed by atoms with Crippen molar-refractivity contribution < 1.29 is 120 Å². The van der Waals surface area contributed by atoms with Crippen LogP contribution in [0.4, 0.5) is 41.9 Å². The molecular formula is C83H112BN15O25S. The third-order valence-corrected chi connectivity index (χ3v) is 22.5. The van der Waals surface area contributed by atoms with Gasteiger partial charge in [0.05, 0.1) is 129 Å². The fourth-order valence-corrected chi connectivity index (χ4v) is 15.7. The van der Waals surface area contributed by atoms with E-state index in [1.54, 1.807) is 62.4 Å². The van der Waals surface area contributed by atoms with Crippen molar-refractivity contribution in [3.8, 4) is 23.0 Å². The van der Waals surface area contributed by atoms with Crippen LogP contribution in [0.2, 0.25) is 0 Å². The first kappa shape index (κ1) is 96.0. The summed E-state index contributed by atoms with van der Waals surface area (Å²) in [5.74, 6) is 3.86. The molecule has 125 heavy (non-hydrogen) atoms. The Morgan fingerprint density at radius 2 is 1.10 bits per heavy atom. The number of nitrogens with two attached hydrogens (primary N) is 2. The average Bonchev–Trinajstić information content (AvgIpc) is 1.61. The third-order valence-electron chi connectivity index (χ3n) is 21.6. The van der Waals surface area contributed by atoms with E-state index in [1.807, 2.05) is 0 Å². The van der Waals surface area contributed by atoms with Crippen LogP contribution in [0.3, 0.4) is 0 Å². The number of hydrogen-bond donors (Lipinski definition) is 12. The van der Waals surface area contributed by atoms with E-state index in [1.165, 1.54) is 67.3 Å². The van der Waals surface area contributed by atoms with Gasteiger partial charge in [-0.25, -0.2) is 34.8 Å². The zero-order valence-corrected chi connectivity index (χ0v) is 71.7. The van der Waals surface area contributed by atoms with Crippen molar-refractivity contribution >= 4 is 102 Å². The Bertz CT molecular complexity index is 4500. The number of hydrogen-bond acceptors (Lipinski definition) is 30. The van der Waals surface area contributed by atoms with Crippen LogP contribution in [-0.2, 0) is 81.8 Å². The van der Waals surface area contributed by atoms with E-state index in [2.05, 4.69) is 54.5 Å². The first-order chi connectivity index (χ1) is 60.1. The van der Waals surface area contributed by atoms with Crippen molar-refractivity contribution in [2.24, 2.45) is 35.2 Å². The molecule has 4 aromatic rings. The molecule has 1 saturated carbocycles. The van der Waals surface area contributed by atoms with Crippen molar-refractivity contribution in [1.82, 2.24) is 45.5 Å². The number of aliphatic hydroxyl groups excluding tert-OH is 2. The first-order valence-electron chi connectivity index (χ1n) is 41.0. The number of carbonyl (C=O) groups is 10. The number of benzene rings is 4. The minimum Gasteiger partial charge on any atom is -0.579 e. The summed E-state index contributed by atoms with van der Waals surface area (Å²) in [6, 6.07) is 14.1. The van der Waals surface area contributed by atoms with Gasteiger partial charge in [-0.15, -0.1) is 9.44 Å². The second kappa shape index (κ2) is 46.7. The molecule has 678 valence electrons. The smallest absolute Gasteiger partial charge is 0.416 e. The molecule has 0 aromatic heterocycles. The fraction of sp³-hybridized carbons (Fsp3) is 0.518. The van der Waals surface area contributed by atoms with Crippen LogP contribution in [0.25, 0.3) is 0 Å². The standard InChI is InChI=1S/C83H112BN15O25S/c1-48(2)73(94-81(109)122-33-31-118-29-28-116-25-22-89-125(112)90-40-60-56-18-20-61(85)62(97(86)47-84)21-19-57(56)60)75(103)87-41-72(101)92-54-14-10-52(11-15-54)45-123-82(110)98-63-38-69(67(114-7)36-58(63)76(104)95-43-49(3)34-65(95)78(98)106)119-23-9-24-120-70-39-64-59(37-68(70)115-8)77(105)96-44-50(4)35-66(96)79(107)99(64)83(111)124-46-53-12-16-55(17-13-53)93-74(102)51(5)91-71(100)42-88-80(108)121-32-30-117-27-26-113-6/h10-17,36-39,48,51,56-57,60,65-66,73,78-79,89-90,106-107H,3-4,9,18-35,40-47,85-86H2,1-2,5-8H3,(H,87,103)(H,88,108)(H,91,100)(H,92,101)(H,93,102)(H,94,109)/b62-61-/t51-,56?,57?,60?,65?,66?,73?,78?,79?,125?/m0/s1. The van der Waals surface area contributed by atoms with Gasteiger partial charge < -0.3 is 124 Å². The molecule has 6 aliphatic rings. The topological polar surface area (TPSA) is 509 Å². The Kier molecular flexibility index (Phi) is 35.9. The molecule has 2 saturated heterocycles. The Hall–Kier alpha value is -11.2. The molecule has 4 aromatic carbocycles. The van der Waals surface area contributed by atoms with Crippen LogP contribution in [0.1, 0.15) is 97.6 Å². The monoisotopic (exact) mass is 1760 g/mol. The maximum absolute atomic E-state index is 14.5. The SMILES string of the molecule is [B]CN(N)/C1=C(\N)CCC2C(CC1)C2CN[S+]([O-])NCCOCCOCCOC(=O)NC(C(=O)NCC(=O)Nc1ccc(COC(=O)N2c3cc(OCCCOc4cc5c(cc4OC)C(=O)N4CC(=C)CC4C(O)N5C(=O)OCc4ccc(NC(=O)[C@H](C)NC(=O)CNC(=O)OCCOCCOC)cc4)c(OC)cc3C(=O)N3CC(=C)CC3C2O)cc1)C(C)C. The third kappa shape index (κ3) is 26.5. The van der Waals surface area contributed by atoms with Crippen LogP contribution in [-0.4, -0.2) is 274 Å². The number of ether oxygens (including phenoxy) is 12. The van der Waals surface area contributed by atoms with Crippen molar-refractivity contribution in [3.63, 3.8) is 0 Å². The predicted octanol–water partition coefficient (Wildman–Crippen LogP) is 3.38. The minimum atomic E-state index is -1.65. The molecule has 3 fully saturated rings. The predicted molar refractivity (Wildman–Crippen MR) is 455 cm³/mol. The molecule has 10 rings (SSSR count). The number of anilines is 4. The number of alkyl carbamates (subject to hydrolysis) is 2. The van der Waals surface area contributed by atoms with Gasteiger partial charge in [0.2, 0.25) is 23.6 Å². The van der Waals surface area contributed by atoms with Gasteiger partial charge in [0, 0.05) is 68.1 Å². The minimum absolute atomic E-state index is 0.0172. The number of nitrogens with one attached hydrogen (secondary N) is 8. The molecule has 4 heterocycles. The molecule has 14 N–H and O–H groups in total. The summed E-state index contributed by atoms with van der Waals surface area (Å²) in [5.41, 5.74) is 10.7. The van der Waals surface area contributed by atoms with E-state index < -0.39 is 127 Å². The normalized spacial score (nSPS) is 20.1. The molecule has 4 aliphatic heterocycles. The van der Waals surface area contributed by atoms with E-state index in [9.17, 15) is 62.7 Å². The van der Waals surface area contributed by atoms with Crippen LogP contribution >= 0.6 is 0 Å². The maximum Gasteiger partial charge on any atom is 0.416 e. The lowest BCUT2D eigenvalue weighted by atomic mass is 10.0. The van der Waals surface area contributed by atoms with Crippen molar-refractivity contribution in [2.45, 2.75) is 116 Å².